The van der Waals surface area contributed by atoms with Crippen molar-refractivity contribution in [3.05, 3.63) is 53.9 Å². The molecule has 0 saturated carbocycles. The summed E-state index contributed by atoms with van der Waals surface area (Å²) in [6, 6.07) is 6.71. The molecule has 1 aromatic carbocycles. The molecular weight excluding hydrogens is 205 g/mol. The minimum absolute atomic E-state index is 0.0980. The van der Waals surface area contributed by atoms with Gasteiger partial charge in [0.05, 0.1) is 6.54 Å². The number of aromatic nitrogens is 2. The smallest absolute Gasteiger partial charge is 0.123 e. The maximum absolute atomic E-state index is 13.0. The fourth-order valence-corrected chi connectivity index (χ4v) is 1.54. The molecule has 0 aliphatic rings. The maximum Gasteiger partial charge on any atom is 0.123 e. The summed E-state index contributed by atoms with van der Waals surface area (Å²) >= 11 is 0. The lowest BCUT2D eigenvalue weighted by Gasteiger charge is -2.13. The van der Waals surface area contributed by atoms with Gasteiger partial charge in [0.15, 0.2) is 0 Å². The van der Waals surface area contributed by atoms with Crippen LogP contribution in [0.1, 0.15) is 24.4 Å². The number of rotatable bonds is 4. The van der Waals surface area contributed by atoms with Crippen LogP contribution in [0.25, 0.3) is 0 Å². The summed E-state index contributed by atoms with van der Waals surface area (Å²) in [5.74, 6) is 0.674. The van der Waals surface area contributed by atoms with Gasteiger partial charge in [0, 0.05) is 18.4 Å². The number of H-pyrrole nitrogens is 1. The molecular formula is C12H14FN3. The highest BCUT2D eigenvalue weighted by Crippen LogP contribution is 2.13. The van der Waals surface area contributed by atoms with E-state index in [1.165, 1.54) is 6.07 Å². The third-order valence-electron chi connectivity index (χ3n) is 2.48. The van der Waals surface area contributed by atoms with Crippen molar-refractivity contribution in [3.63, 3.8) is 0 Å². The van der Waals surface area contributed by atoms with E-state index in [1.807, 2.05) is 13.0 Å². The van der Waals surface area contributed by atoms with Crippen molar-refractivity contribution in [2.24, 2.45) is 0 Å². The van der Waals surface area contributed by atoms with E-state index < -0.39 is 0 Å². The summed E-state index contributed by atoms with van der Waals surface area (Å²) in [7, 11) is 0. The number of hydrogen-bond donors (Lipinski definition) is 2. The average Bonchev–Trinajstić information content (AvgIpc) is 2.78. The van der Waals surface area contributed by atoms with Crippen LogP contribution in [-0.4, -0.2) is 9.97 Å². The summed E-state index contributed by atoms with van der Waals surface area (Å²) in [6.07, 6.45) is 3.49. The average molecular weight is 219 g/mol. The lowest BCUT2D eigenvalue weighted by atomic mass is 10.1. The first-order valence-corrected chi connectivity index (χ1v) is 5.23. The summed E-state index contributed by atoms with van der Waals surface area (Å²) in [6.45, 7) is 2.64. The Bertz CT molecular complexity index is 439. The highest BCUT2D eigenvalue weighted by Gasteiger charge is 2.05. The van der Waals surface area contributed by atoms with Gasteiger partial charge in [0.1, 0.15) is 11.6 Å². The molecule has 0 spiro atoms. The third kappa shape index (κ3) is 2.67. The molecule has 16 heavy (non-hydrogen) atoms. The molecule has 3 nitrogen and oxygen atoms in total. The summed E-state index contributed by atoms with van der Waals surface area (Å²) in [4.78, 5) is 7.11. The fraction of sp³-hybridized carbons (Fsp3) is 0.250. The van der Waals surface area contributed by atoms with Crippen LogP contribution >= 0.6 is 0 Å². The summed E-state index contributed by atoms with van der Waals surface area (Å²) in [5.41, 5.74) is 0.937. The molecule has 0 aliphatic heterocycles. The Hall–Kier alpha value is -1.68. The van der Waals surface area contributed by atoms with Crippen molar-refractivity contribution in [1.82, 2.24) is 15.3 Å². The van der Waals surface area contributed by atoms with Gasteiger partial charge in [-0.15, -0.1) is 0 Å². The first-order chi connectivity index (χ1) is 7.75. The van der Waals surface area contributed by atoms with Gasteiger partial charge in [-0.25, -0.2) is 9.37 Å². The Morgan fingerprint density at radius 2 is 2.38 bits per heavy atom. The molecule has 0 saturated heterocycles. The Labute approximate surface area is 93.7 Å². The Morgan fingerprint density at radius 3 is 3.06 bits per heavy atom. The van der Waals surface area contributed by atoms with E-state index in [-0.39, 0.29) is 11.9 Å². The van der Waals surface area contributed by atoms with Crippen molar-refractivity contribution in [2.75, 3.05) is 0 Å². The Kier molecular flexibility index (Phi) is 3.31. The molecule has 0 aliphatic carbocycles. The second-order valence-electron chi connectivity index (χ2n) is 3.69. The number of nitrogens with zero attached hydrogens (tertiary/aromatic N) is 1. The molecule has 0 fully saturated rings. The van der Waals surface area contributed by atoms with E-state index in [9.17, 15) is 4.39 Å². The first kappa shape index (κ1) is 10.8. The Balaban J connectivity index is 1.95. The van der Waals surface area contributed by atoms with E-state index in [4.69, 9.17) is 0 Å². The molecule has 0 amide bonds. The van der Waals surface area contributed by atoms with Crippen LogP contribution in [0.3, 0.4) is 0 Å². The van der Waals surface area contributed by atoms with Crippen molar-refractivity contribution < 1.29 is 4.39 Å². The molecule has 1 atom stereocenters. The highest BCUT2D eigenvalue weighted by atomic mass is 19.1. The zero-order valence-corrected chi connectivity index (χ0v) is 9.07. The van der Waals surface area contributed by atoms with Gasteiger partial charge in [-0.3, -0.25) is 0 Å². The molecule has 2 aromatic rings. The molecule has 0 bridgehead atoms. The van der Waals surface area contributed by atoms with Crippen LogP contribution < -0.4 is 5.32 Å². The van der Waals surface area contributed by atoms with Crippen LogP contribution in [0.4, 0.5) is 4.39 Å². The van der Waals surface area contributed by atoms with Crippen molar-refractivity contribution in [1.29, 1.82) is 0 Å². The third-order valence-corrected chi connectivity index (χ3v) is 2.48. The molecule has 0 radical (unpaired) electrons. The minimum atomic E-state index is -0.204. The second-order valence-corrected chi connectivity index (χ2v) is 3.69. The van der Waals surface area contributed by atoms with Crippen LogP contribution in [0.2, 0.25) is 0 Å². The van der Waals surface area contributed by atoms with Gasteiger partial charge in [0.2, 0.25) is 0 Å². The molecule has 84 valence electrons. The molecule has 2 rings (SSSR count). The number of hydrogen-bond acceptors (Lipinski definition) is 2. The fourth-order valence-electron chi connectivity index (χ4n) is 1.54. The van der Waals surface area contributed by atoms with E-state index in [0.717, 1.165) is 11.4 Å². The van der Waals surface area contributed by atoms with Gasteiger partial charge < -0.3 is 10.3 Å². The number of aromatic amines is 1. The van der Waals surface area contributed by atoms with E-state index in [0.29, 0.717) is 6.54 Å². The normalized spacial score (nSPS) is 12.6. The molecule has 1 heterocycles. The highest BCUT2D eigenvalue weighted by molar-refractivity contribution is 5.19. The SMILES string of the molecule is CC(NCc1ncc[nH]1)c1cccc(F)c1. The largest absolute Gasteiger partial charge is 0.348 e. The summed E-state index contributed by atoms with van der Waals surface area (Å²) < 4.78 is 13.0. The second kappa shape index (κ2) is 4.90. The molecule has 2 N–H and O–H groups in total. The number of halogens is 1. The van der Waals surface area contributed by atoms with Crippen LogP contribution in [0, 0.1) is 5.82 Å². The van der Waals surface area contributed by atoms with Gasteiger partial charge >= 0.3 is 0 Å². The summed E-state index contributed by atoms with van der Waals surface area (Å²) in [5, 5.41) is 3.27. The zero-order valence-electron chi connectivity index (χ0n) is 9.07. The van der Waals surface area contributed by atoms with Crippen molar-refractivity contribution in [3.8, 4) is 0 Å². The van der Waals surface area contributed by atoms with Crippen LogP contribution in [0.5, 0.6) is 0 Å². The molecule has 4 heteroatoms. The van der Waals surface area contributed by atoms with E-state index >= 15 is 0 Å². The predicted octanol–water partition coefficient (Wildman–Crippen LogP) is 2.40. The van der Waals surface area contributed by atoms with E-state index in [1.54, 1.807) is 24.5 Å². The maximum atomic E-state index is 13.0. The first-order valence-electron chi connectivity index (χ1n) is 5.23. The van der Waals surface area contributed by atoms with Gasteiger partial charge in [-0.1, -0.05) is 12.1 Å². The van der Waals surface area contributed by atoms with Crippen LogP contribution in [-0.2, 0) is 6.54 Å². The standard InChI is InChI=1S/C12H14FN3/c1-9(10-3-2-4-11(13)7-10)16-8-12-14-5-6-15-12/h2-7,9,16H,8H2,1H3,(H,14,15). The monoisotopic (exact) mass is 219 g/mol. The minimum Gasteiger partial charge on any atom is -0.348 e. The lowest BCUT2D eigenvalue weighted by molar-refractivity contribution is 0.554. The Morgan fingerprint density at radius 1 is 1.50 bits per heavy atom. The quantitative estimate of drug-likeness (QED) is 0.829. The van der Waals surface area contributed by atoms with Crippen LogP contribution in [0.15, 0.2) is 36.7 Å². The van der Waals surface area contributed by atoms with E-state index in [2.05, 4.69) is 15.3 Å². The van der Waals surface area contributed by atoms with Gasteiger partial charge in [0.25, 0.3) is 0 Å². The van der Waals surface area contributed by atoms with Crippen molar-refractivity contribution >= 4 is 0 Å². The number of benzene rings is 1. The number of imidazole rings is 1. The van der Waals surface area contributed by atoms with Crippen molar-refractivity contribution in [2.45, 2.75) is 19.5 Å². The lowest BCUT2D eigenvalue weighted by Crippen LogP contribution is -2.18. The molecule has 1 unspecified atom stereocenters. The molecule has 1 aromatic heterocycles. The zero-order chi connectivity index (χ0) is 11.4. The van der Waals surface area contributed by atoms with Gasteiger partial charge in [-0.05, 0) is 24.6 Å². The number of nitrogens with one attached hydrogen (secondary N) is 2. The predicted molar refractivity (Wildman–Crippen MR) is 60.2 cm³/mol. The topological polar surface area (TPSA) is 40.7 Å². The van der Waals surface area contributed by atoms with Gasteiger partial charge in [-0.2, -0.15) is 0 Å².